The van der Waals surface area contributed by atoms with Gasteiger partial charge in [0.15, 0.2) is 0 Å². The van der Waals surface area contributed by atoms with E-state index in [0.717, 1.165) is 18.9 Å². The highest BCUT2D eigenvalue weighted by molar-refractivity contribution is 5.74. The lowest BCUT2D eigenvalue weighted by molar-refractivity contribution is -0.145. The molecular weight excluding hydrogens is 252 g/mol. The fourth-order valence-corrected chi connectivity index (χ4v) is 1.69. The zero-order valence-corrected chi connectivity index (χ0v) is 10.6. The van der Waals surface area contributed by atoms with Gasteiger partial charge in [0.2, 0.25) is 0 Å². The van der Waals surface area contributed by atoms with Crippen LogP contribution in [0, 0.1) is 17.6 Å². The number of halogens is 2. The number of carbonyl (C=O) groups is 1. The molecule has 19 heavy (non-hydrogen) atoms. The number of carbonyl (C=O) groups excluding carboxylic acids is 1. The van der Waals surface area contributed by atoms with Crippen LogP contribution >= 0.6 is 0 Å². The molecule has 2 rings (SSSR count). The maximum absolute atomic E-state index is 13.3. The van der Waals surface area contributed by atoms with Crippen LogP contribution < -0.4 is 5.32 Å². The van der Waals surface area contributed by atoms with Crippen molar-refractivity contribution in [3.8, 4) is 0 Å². The third-order valence-corrected chi connectivity index (χ3v) is 2.98. The van der Waals surface area contributed by atoms with E-state index < -0.39 is 11.6 Å². The number of benzene rings is 1. The topological polar surface area (TPSA) is 38.3 Å². The number of nitrogens with one attached hydrogen (secondary N) is 1. The summed E-state index contributed by atoms with van der Waals surface area (Å²) in [4.78, 5) is 11.2. The van der Waals surface area contributed by atoms with Crippen molar-refractivity contribution >= 4 is 5.97 Å². The van der Waals surface area contributed by atoms with Crippen molar-refractivity contribution in [3.05, 3.63) is 35.4 Å². The van der Waals surface area contributed by atoms with Crippen molar-refractivity contribution in [2.75, 3.05) is 13.2 Å². The number of hydrogen-bond donors (Lipinski definition) is 1. The Labute approximate surface area is 111 Å². The zero-order chi connectivity index (χ0) is 13.7. The number of ether oxygens (including phenoxy) is 1. The summed E-state index contributed by atoms with van der Waals surface area (Å²) in [7, 11) is 0. The highest BCUT2D eigenvalue weighted by Gasteiger charge is 2.30. The van der Waals surface area contributed by atoms with Crippen LogP contribution in [0.4, 0.5) is 8.78 Å². The summed E-state index contributed by atoms with van der Waals surface area (Å²) < 4.78 is 31.0. The largest absolute Gasteiger partial charge is 0.465 e. The fraction of sp³-hybridized carbons (Fsp3) is 0.500. The first-order chi connectivity index (χ1) is 9.16. The highest BCUT2D eigenvalue weighted by atomic mass is 19.1. The Kier molecular flexibility index (Phi) is 4.85. The molecule has 0 saturated heterocycles. The van der Waals surface area contributed by atoms with Gasteiger partial charge >= 0.3 is 5.97 Å². The third-order valence-electron chi connectivity index (χ3n) is 2.98. The standard InChI is InChI=1S/C14H17F2NO2/c15-12-5-4-11(13(16)8-12)9-17-6-1-7-19-14(18)10-2-3-10/h4-5,8,10,17H,1-3,6-7,9H2. The predicted octanol–water partition coefficient (Wildman–Crippen LogP) is 2.40. The molecule has 3 nitrogen and oxygen atoms in total. The molecule has 1 saturated carbocycles. The molecule has 1 fully saturated rings. The normalized spacial score (nSPS) is 14.4. The minimum Gasteiger partial charge on any atom is -0.465 e. The molecule has 0 aromatic heterocycles. The van der Waals surface area contributed by atoms with Gasteiger partial charge in [0.25, 0.3) is 0 Å². The molecule has 0 atom stereocenters. The second-order valence-corrected chi connectivity index (χ2v) is 4.71. The molecule has 104 valence electrons. The van der Waals surface area contributed by atoms with E-state index in [0.29, 0.717) is 31.7 Å². The van der Waals surface area contributed by atoms with Gasteiger partial charge in [-0.05, 0) is 31.9 Å². The van der Waals surface area contributed by atoms with Gasteiger partial charge in [-0.15, -0.1) is 0 Å². The summed E-state index contributed by atoms with van der Waals surface area (Å²) in [5.41, 5.74) is 0.427. The Balaban J connectivity index is 1.57. The monoisotopic (exact) mass is 269 g/mol. The van der Waals surface area contributed by atoms with Crippen LogP contribution in [0.1, 0.15) is 24.8 Å². The summed E-state index contributed by atoms with van der Waals surface area (Å²) in [6.45, 7) is 1.34. The molecule has 0 bridgehead atoms. The van der Waals surface area contributed by atoms with E-state index in [1.807, 2.05) is 0 Å². The molecule has 0 aliphatic heterocycles. The maximum atomic E-state index is 13.3. The number of rotatable bonds is 7. The fourth-order valence-electron chi connectivity index (χ4n) is 1.69. The van der Waals surface area contributed by atoms with Gasteiger partial charge in [0.05, 0.1) is 12.5 Å². The average Bonchev–Trinajstić information content (AvgIpc) is 3.19. The van der Waals surface area contributed by atoms with Gasteiger partial charge < -0.3 is 10.1 Å². The third kappa shape index (κ3) is 4.59. The van der Waals surface area contributed by atoms with E-state index in [4.69, 9.17) is 4.74 Å². The highest BCUT2D eigenvalue weighted by Crippen LogP contribution is 2.29. The van der Waals surface area contributed by atoms with Gasteiger partial charge in [-0.25, -0.2) is 8.78 Å². The van der Waals surface area contributed by atoms with E-state index >= 15 is 0 Å². The van der Waals surface area contributed by atoms with Crippen molar-refractivity contribution in [3.63, 3.8) is 0 Å². The molecule has 0 unspecified atom stereocenters. The van der Waals surface area contributed by atoms with Crippen LogP contribution in [0.2, 0.25) is 0 Å². The zero-order valence-electron chi connectivity index (χ0n) is 10.6. The van der Waals surface area contributed by atoms with Crippen molar-refractivity contribution in [2.24, 2.45) is 5.92 Å². The van der Waals surface area contributed by atoms with E-state index in [2.05, 4.69) is 5.32 Å². The summed E-state index contributed by atoms with van der Waals surface area (Å²) in [6, 6.07) is 3.52. The molecule has 1 aromatic carbocycles. The maximum Gasteiger partial charge on any atom is 0.308 e. The molecular formula is C14H17F2NO2. The Morgan fingerprint density at radius 2 is 2.16 bits per heavy atom. The number of esters is 1. The van der Waals surface area contributed by atoms with Gasteiger partial charge in [0.1, 0.15) is 11.6 Å². The minimum atomic E-state index is -0.576. The Morgan fingerprint density at radius 3 is 2.84 bits per heavy atom. The first-order valence-corrected chi connectivity index (χ1v) is 6.48. The van der Waals surface area contributed by atoms with Crippen molar-refractivity contribution in [1.29, 1.82) is 0 Å². The predicted molar refractivity (Wildman–Crippen MR) is 66.4 cm³/mol. The first-order valence-electron chi connectivity index (χ1n) is 6.48. The molecule has 1 aliphatic carbocycles. The van der Waals surface area contributed by atoms with Gasteiger partial charge in [-0.3, -0.25) is 4.79 Å². The van der Waals surface area contributed by atoms with Crippen LogP contribution in [0.5, 0.6) is 0 Å². The van der Waals surface area contributed by atoms with Gasteiger partial charge in [-0.2, -0.15) is 0 Å². The first kappa shape index (κ1) is 13.9. The molecule has 0 spiro atoms. The summed E-state index contributed by atoms with van der Waals surface area (Å²) in [6.07, 6.45) is 2.57. The molecule has 1 N–H and O–H groups in total. The lowest BCUT2D eigenvalue weighted by Crippen LogP contribution is -2.18. The molecule has 1 aromatic rings. The van der Waals surface area contributed by atoms with E-state index in [9.17, 15) is 13.6 Å². The second-order valence-electron chi connectivity index (χ2n) is 4.71. The van der Waals surface area contributed by atoms with Crippen LogP contribution in [0.25, 0.3) is 0 Å². The smallest absolute Gasteiger partial charge is 0.308 e. The molecule has 0 amide bonds. The molecule has 5 heteroatoms. The van der Waals surface area contributed by atoms with Crippen LogP contribution in [-0.2, 0) is 16.1 Å². The van der Waals surface area contributed by atoms with Crippen molar-refractivity contribution < 1.29 is 18.3 Å². The van der Waals surface area contributed by atoms with Crippen molar-refractivity contribution in [1.82, 2.24) is 5.32 Å². The lowest BCUT2D eigenvalue weighted by Gasteiger charge is -2.07. The van der Waals surface area contributed by atoms with Crippen LogP contribution in [-0.4, -0.2) is 19.1 Å². The SMILES string of the molecule is O=C(OCCCNCc1ccc(F)cc1F)C1CC1. The van der Waals surface area contributed by atoms with Gasteiger partial charge in [-0.1, -0.05) is 6.07 Å². The second kappa shape index (κ2) is 6.61. The van der Waals surface area contributed by atoms with Crippen LogP contribution in [0.3, 0.4) is 0 Å². The quantitative estimate of drug-likeness (QED) is 0.610. The lowest BCUT2D eigenvalue weighted by atomic mass is 10.2. The average molecular weight is 269 g/mol. The summed E-state index contributed by atoms with van der Waals surface area (Å²) in [5, 5.41) is 3.03. The molecule has 0 radical (unpaired) electrons. The van der Waals surface area contributed by atoms with E-state index in [1.165, 1.54) is 12.1 Å². The van der Waals surface area contributed by atoms with Crippen LogP contribution in [0.15, 0.2) is 18.2 Å². The Bertz CT molecular complexity index is 447. The molecule has 1 aliphatic rings. The van der Waals surface area contributed by atoms with E-state index in [-0.39, 0.29) is 11.9 Å². The Hall–Kier alpha value is -1.49. The molecule has 0 heterocycles. The Morgan fingerprint density at radius 1 is 1.37 bits per heavy atom. The number of hydrogen-bond acceptors (Lipinski definition) is 3. The summed E-state index contributed by atoms with van der Waals surface area (Å²) >= 11 is 0. The van der Waals surface area contributed by atoms with Gasteiger partial charge in [0, 0.05) is 18.2 Å². The van der Waals surface area contributed by atoms with Crippen molar-refractivity contribution in [2.45, 2.75) is 25.8 Å². The van der Waals surface area contributed by atoms with E-state index in [1.54, 1.807) is 0 Å². The minimum absolute atomic E-state index is 0.107. The summed E-state index contributed by atoms with van der Waals surface area (Å²) in [5.74, 6) is -1.10.